The fourth-order valence-electron chi connectivity index (χ4n) is 5.11. The molecule has 8 heteroatoms. The van der Waals surface area contributed by atoms with E-state index in [0.29, 0.717) is 13.0 Å². The molecule has 0 radical (unpaired) electrons. The summed E-state index contributed by atoms with van der Waals surface area (Å²) in [6.07, 6.45) is 11.8. The second-order valence-electron chi connectivity index (χ2n) is 9.33. The Labute approximate surface area is 200 Å². The minimum absolute atomic E-state index is 0.0343. The largest absolute Gasteiger partial charge is 0.495 e. The molecule has 1 atom stereocenters. The number of hydrogen-bond acceptors (Lipinski definition) is 6. The van der Waals surface area contributed by atoms with Gasteiger partial charge in [-0.15, -0.1) is 0 Å². The number of nitrogens with zero attached hydrogens (tertiary/aromatic N) is 5. The molecule has 3 aliphatic heterocycles. The molecule has 2 saturated heterocycles. The van der Waals surface area contributed by atoms with Gasteiger partial charge in [0.1, 0.15) is 12.4 Å². The van der Waals surface area contributed by atoms with Crippen LogP contribution in [-0.4, -0.2) is 70.5 Å². The lowest BCUT2D eigenvalue weighted by Crippen LogP contribution is -2.51. The van der Waals surface area contributed by atoms with Crippen molar-refractivity contribution in [3.8, 4) is 11.4 Å². The number of imidazole rings is 1. The SMILES string of the molecule is COc1cc(C=C2CCCN3C2=NOC[C@@H]3CC(=O)N2CCCCC2)ccc1-n1cnc(C)c1. The Morgan fingerprint density at radius 2 is 2.06 bits per heavy atom. The van der Waals surface area contributed by atoms with Crippen LogP contribution in [0.25, 0.3) is 11.8 Å². The van der Waals surface area contributed by atoms with Gasteiger partial charge in [-0.05, 0) is 68.4 Å². The third-order valence-corrected chi connectivity index (χ3v) is 6.92. The molecule has 0 aliphatic carbocycles. The first-order chi connectivity index (χ1) is 16.6. The molecular weight excluding hydrogens is 430 g/mol. The lowest BCUT2D eigenvalue weighted by Gasteiger charge is -2.40. The zero-order valence-corrected chi connectivity index (χ0v) is 20.1. The minimum atomic E-state index is 0.0343. The molecule has 5 rings (SSSR count). The maximum Gasteiger partial charge on any atom is 0.224 e. The molecule has 1 aromatic carbocycles. The zero-order valence-electron chi connectivity index (χ0n) is 20.1. The highest BCUT2D eigenvalue weighted by Gasteiger charge is 2.34. The van der Waals surface area contributed by atoms with Crippen molar-refractivity contribution in [1.82, 2.24) is 19.4 Å². The Morgan fingerprint density at radius 1 is 1.21 bits per heavy atom. The molecule has 0 bridgehead atoms. The number of aromatic nitrogens is 2. The number of carbonyl (C=O) groups is 1. The summed E-state index contributed by atoms with van der Waals surface area (Å²) >= 11 is 0. The van der Waals surface area contributed by atoms with E-state index < -0.39 is 0 Å². The Kier molecular flexibility index (Phi) is 6.56. The monoisotopic (exact) mass is 463 g/mol. The number of aryl methyl sites for hydroxylation is 1. The number of methoxy groups -OCH3 is 1. The van der Waals surface area contributed by atoms with Crippen molar-refractivity contribution in [2.45, 2.75) is 51.5 Å². The standard InChI is InChI=1S/C26H33N5O3/c1-19-16-30(18-27-19)23-9-8-20(14-24(23)33-2)13-21-7-6-12-31-22(17-34-28-26(21)31)15-25(32)29-10-4-3-5-11-29/h8-9,13-14,16,18,22H,3-7,10-12,15,17H2,1-2H3/t22-/m0/s1. The van der Waals surface area contributed by atoms with Crippen LogP contribution < -0.4 is 4.74 Å². The molecule has 1 aromatic heterocycles. The fourth-order valence-corrected chi connectivity index (χ4v) is 5.11. The van der Waals surface area contributed by atoms with E-state index in [9.17, 15) is 4.79 Å². The predicted octanol–water partition coefficient (Wildman–Crippen LogP) is 3.78. The number of piperidine rings is 2. The first-order valence-electron chi connectivity index (χ1n) is 12.3. The molecule has 180 valence electrons. The van der Waals surface area contributed by atoms with E-state index in [1.54, 1.807) is 13.4 Å². The number of rotatable bonds is 5. The number of ether oxygens (including phenoxy) is 1. The first kappa shape index (κ1) is 22.5. The number of benzene rings is 1. The van der Waals surface area contributed by atoms with Crippen molar-refractivity contribution < 1.29 is 14.4 Å². The molecule has 0 spiro atoms. The normalized spacial score (nSPS) is 21.6. The van der Waals surface area contributed by atoms with Crippen LogP contribution in [0.1, 0.15) is 49.8 Å². The predicted molar refractivity (Wildman–Crippen MR) is 131 cm³/mol. The van der Waals surface area contributed by atoms with Gasteiger partial charge in [-0.1, -0.05) is 11.2 Å². The van der Waals surface area contributed by atoms with E-state index in [2.05, 4.69) is 27.2 Å². The van der Waals surface area contributed by atoms with Gasteiger partial charge < -0.3 is 23.9 Å². The maximum atomic E-state index is 12.9. The second-order valence-corrected chi connectivity index (χ2v) is 9.33. The Balaban J connectivity index is 1.35. The lowest BCUT2D eigenvalue weighted by molar-refractivity contribution is -0.134. The molecule has 1 amide bonds. The first-order valence-corrected chi connectivity index (χ1v) is 12.3. The smallest absolute Gasteiger partial charge is 0.224 e. The summed E-state index contributed by atoms with van der Waals surface area (Å²) in [5, 5.41) is 4.42. The van der Waals surface area contributed by atoms with Crippen molar-refractivity contribution in [3.63, 3.8) is 0 Å². The molecule has 0 saturated carbocycles. The molecule has 0 unspecified atom stereocenters. The summed E-state index contributed by atoms with van der Waals surface area (Å²) < 4.78 is 7.65. The fraction of sp³-hybridized carbons (Fsp3) is 0.500. The van der Waals surface area contributed by atoms with Gasteiger partial charge in [0, 0.05) is 25.8 Å². The number of amides is 1. The van der Waals surface area contributed by atoms with Gasteiger partial charge in [-0.2, -0.15) is 0 Å². The highest BCUT2D eigenvalue weighted by molar-refractivity contribution is 6.03. The van der Waals surface area contributed by atoms with Crippen molar-refractivity contribution in [2.75, 3.05) is 33.4 Å². The Morgan fingerprint density at radius 3 is 2.82 bits per heavy atom. The number of hydrogen-bond donors (Lipinski definition) is 0. The lowest BCUT2D eigenvalue weighted by atomic mass is 9.97. The summed E-state index contributed by atoms with van der Waals surface area (Å²) in [6, 6.07) is 6.21. The molecule has 3 aliphatic rings. The van der Waals surface area contributed by atoms with Crippen molar-refractivity contribution in [1.29, 1.82) is 0 Å². The summed E-state index contributed by atoms with van der Waals surface area (Å²) in [6.45, 7) is 5.10. The number of oxime groups is 1. The second kappa shape index (κ2) is 9.91. The molecule has 4 heterocycles. The number of fused-ring (bicyclic) bond motifs is 1. The topological polar surface area (TPSA) is 72.2 Å². The molecule has 8 nitrogen and oxygen atoms in total. The quantitative estimate of drug-likeness (QED) is 0.675. The van der Waals surface area contributed by atoms with Gasteiger partial charge in [0.15, 0.2) is 5.84 Å². The molecule has 34 heavy (non-hydrogen) atoms. The van der Waals surface area contributed by atoms with Crippen LogP contribution in [0, 0.1) is 6.92 Å². The van der Waals surface area contributed by atoms with E-state index in [4.69, 9.17) is 9.57 Å². The average molecular weight is 464 g/mol. The van der Waals surface area contributed by atoms with Gasteiger partial charge in [0.2, 0.25) is 5.91 Å². The highest BCUT2D eigenvalue weighted by atomic mass is 16.6. The van der Waals surface area contributed by atoms with Crippen molar-refractivity contribution in [2.24, 2.45) is 5.16 Å². The summed E-state index contributed by atoms with van der Waals surface area (Å²) in [5.74, 6) is 1.88. The number of carbonyl (C=O) groups excluding carboxylic acids is 1. The molecule has 0 N–H and O–H groups in total. The van der Waals surface area contributed by atoms with E-state index in [1.807, 2.05) is 34.7 Å². The van der Waals surface area contributed by atoms with E-state index in [0.717, 1.165) is 79.4 Å². The summed E-state index contributed by atoms with van der Waals surface area (Å²) in [7, 11) is 1.69. The van der Waals surface area contributed by atoms with E-state index in [1.165, 1.54) is 6.42 Å². The van der Waals surface area contributed by atoms with Crippen LogP contribution in [0.15, 0.2) is 41.5 Å². The third-order valence-electron chi connectivity index (χ3n) is 6.92. The Bertz CT molecular complexity index is 1100. The van der Waals surface area contributed by atoms with Gasteiger partial charge >= 0.3 is 0 Å². The van der Waals surface area contributed by atoms with E-state index in [-0.39, 0.29) is 11.9 Å². The van der Waals surface area contributed by atoms with Crippen LogP contribution in [0.5, 0.6) is 5.75 Å². The van der Waals surface area contributed by atoms with Gasteiger partial charge in [0.25, 0.3) is 0 Å². The van der Waals surface area contributed by atoms with Gasteiger partial charge in [-0.25, -0.2) is 4.98 Å². The van der Waals surface area contributed by atoms with Gasteiger partial charge in [0.05, 0.1) is 37.3 Å². The van der Waals surface area contributed by atoms with Crippen molar-refractivity contribution in [3.05, 3.63) is 47.6 Å². The maximum absolute atomic E-state index is 12.9. The third kappa shape index (κ3) is 4.67. The Hall–Kier alpha value is -3.29. The van der Waals surface area contributed by atoms with Crippen LogP contribution in [0.3, 0.4) is 0 Å². The average Bonchev–Trinajstić information content (AvgIpc) is 3.31. The van der Waals surface area contributed by atoms with Crippen LogP contribution in [0.2, 0.25) is 0 Å². The number of amidine groups is 1. The van der Waals surface area contributed by atoms with E-state index >= 15 is 0 Å². The van der Waals surface area contributed by atoms with Crippen LogP contribution in [-0.2, 0) is 9.63 Å². The molecule has 2 aromatic rings. The zero-order chi connectivity index (χ0) is 23.5. The molecular formula is C26H33N5O3. The van der Waals surface area contributed by atoms with Gasteiger partial charge in [-0.3, -0.25) is 4.79 Å². The summed E-state index contributed by atoms with van der Waals surface area (Å²) in [5.41, 5.74) is 4.09. The summed E-state index contributed by atoms with van der Waals surface area (Å²) in [4.78, 5) is 27.2. The molecule has 2 fully saturated rings. The van der Waals surface area contributed by atoms with Crippen LogP contribution >= 0.6 is 0 Å². The highest BCUT2D eigenvalue weighted by Crippen LogP contribution is 2.30. The number of likely N-dealkylation sites (tertiary alicyclic amines) is 1. The van der Waals surface area contributed by atoms with Crippen LogP contribution in [0.4, 0.5) is 0 Å². The van der Waals surface area contributed by atoms with Crippen molar-refractivity contribution >= 4 is 17.8 Å². The minimum Gasteiger partial charge on any atom is -0.495 e.